The van der Waals surface area contributed by atoms with Crippen LogP contribution in [0.1, 0.15) is 0 Å². The number of hydrogen-bond donors (Lipinski definition) is 0. The third-order valence-corrected chi connectivity index (χ3v) is 10.5. The molecule has 4 nitrogen and oxygen atoms in total. The number of hydrogen-bond acceptors (Lipinski definition) is 4. The van der Waals surface area contributed by atoms with Gasteiger partial charge < -0.3 is 0 Å². The van der Waals surface area contributed by atoms with Gasteiger partial charge in [-0.3, -0.25) is 0 Å². The van der Waals surface area contributed by atoms with Crippen molar-refractivity contribution >= 4 is 10.8 Å². The van der Waals surface area contributed by atoms with E-state index in [0.29, 0.717) is 17.5 Å². The zero-order chi connectivity index (χ0) is 38.7. The number of fused-ring (bicyclic) bond motifs is 1. The van der Waals surface area contributed by atoms with Gasteiger partial charge in [0, 0.05) is 27.8 Å². The molecule has 0 fully saturated rings. The average molecular weight is 741 g/mol. The fraction of sp³-hybridized carbons (Fsp3) is 0. The Labute approximate surface area is 337 Å². The van der Waals surface area contributed by atoms with Gasteiger partial charge in [0.25, 0.3) is 0 Å². The molecule has 8 aromatic carbocycles. The maximum atomic E-state index is 5.14. The van der Waals surface area contributed by atoms with E-state index in [0.717, 1.165) is 61.5 Å². The van der Waals surface area contributed by atoms with Gasteiger partial charge in [0.15, 0.2) is 17.5 Å². The van der Waals surface area contributed by atoms with Gasteiger partial charge in [0.05, 0.1) is 11.4 Å². The van der Waals surface area contributed by atoms with Crippen LogP contribution < -0.4 is 0 Å². The Morgan fingerprint density at radius 3 is 1.17 bits per heavy atom. The predicted molar refractivity (Wildman–Crippen MR) is 239 cm³/mol. The van der Waals surface area contributed by atoms with Gasteiger partial charge >= 0.3 is 0 Å². The zero-order valence-corrected chi connectivity index (χ0v) is 31.6. The number of benzene rings is 8. The first-order valence-electron chi connectivity index (χ1n) is 19.5. The Kier molecular flexibility index (Phi) is 9.18. The lowest BCUT2D eigenvalue weighted by molar-refractivity contribution is 1.07. The summed E-state index contributed by atoms with van der Waals surface area (Å²) < 4.78 is 0. The summed E-state index contributed by atoms with van der Waals surface area (Å²) in [6.07, 6.45) is 0. The molecule has 0 unspecified atom stereocenters. The molecular weight excluding hydrogens is 705 g/mol. The maximum Gasteiger partial charge on any atom is 0.164 e. The monoisotopic (exact) mass is 740 g/mol. The van der Waals surface area contributed by atoms with Crippen LogP contribution in [0.4, 0.5) is 0 Å². The van der Waals surface area contributed by atoms with Crippen molar-refractivity contribution in [3.05, 3.63) is 218 Å². The van der Waals surface area contributed by atoms with Gasteiger partial charge in [0.1, 0.15) is 0 Å². The molecule has 0 atom stereocenters. The van der Waals surface area contributed by atoms with Crippen LogP contribution in [0.15, 0.2) is 218 Å². The molecule has 10 aromatic rings. The minimum atomic E-state index is 0.643. The Morgan fingerprint density at radius 1 is 0.224 bits per heavy atom. The van der Waals surface area contributed by atoms with E-state index in [1.54, 1.807) is 0 Å². The zero-order valence-electron chi connectivity index (χ0n) is 31.6. The Hall–Kier alpha value is -7.82. The summed E-state index contributed by atoms with van der Waals surface area (Å²) in [5, 5.41) is 2.39. The average Bonchev–Trinajstić information content (AvgIpc) is 3.32. The smallest absolute Gasteiger partial charge is 0.164 e. The Balaban J connectivity index is 0.947. The number of nitrogens with zero attached hydrogens (tertiary/aromatic N) is 4. The van der Waals surface area contributed by atoms with Crippen molar-refractivity contribution in [3.63, 3.8) is 0 Å². The van der Waals surface area contributed by atoms with Gasteiger partial charge in [-0.15, -0.1) is 0 Å². The van der Waals surface area contributed by atoms with Crippen molar-refractivity contribution in [2.24, 2.45) is 0 Å². The van der Waals surface area contributed by atoms with Crippen LogP contribution in [0, 0.1) is 0 Å². The fourth-order valence-electron chi connectivity index (χ4n) is 7.52. The first-order chi connectivity index (χ1) is 28.7. The van der Waals surface area contributed by atoms with Gasteiger partial charge in [-0.05, 0) is 62.4 Å². The highest BCUT2D eigenvalue weighted by Gasteiger charge is 2.14. The van der Waals surface area contributed by atoms with Crippen molar-refractivity contribution in [3.8, 4) is 90.1 Å². The van der Waals surface area contributed by atoms with Crippen LogP contribution in [-0.4, -0.2) is 19.9 Å². The SMILES string of the molecule is c1ccc(-c2cc(-c3ccccc3)nc(-c3ccc(-c4cccc5cc(-c6ccc(-c7nc(-c8ccccc8)nc(-c8ccccc8)n7)cc6)ccc45)cc3)c2)cc1. The van der Waals surface area contributed by atoms with Crippen molar-refractivity contribution in [2.45, 2.75) is 0 Å². The van der Waals surface area contributed by atoms with E-state index in [4.69, 9.17) is 19.9 Å². The van der Waals surface area contributed by atoms with Gasteiger partial charge in [-0.2, -0.15) is 0 Å². The summed E-state index contributed by atoms with van der Waals surface area (Å²) >= 11 is 0. The van der Waals surface area contributed by atoms with E-state index < -0.39 is 0 Å². The van der Waals surface area contributed by atoms with Crippen LogP contribution in [-0.2, 0) is 0 Å². The molecule has 0 amide bonds. The molecule has 0 aliphatic rings. The molecule has 4 heteroatoms. The van der Waals surface area contributed by atoms with Crippen molar-refractivity contribution in [2.75, 3.05) is 0 Å². The van der Waals surface area contributed by atoms with Crippen LogP contribution in [0.2, 0.25) is 0 Å². The summed E-state index contributed by atoms with van der Waals surface area (Å²) in [5.41, 5.74) is 13.9. The molecule has 0 bridgehead atoms. The van der Waals surface area contributed by atoms with Crippen LogP contribution in [0.5, 0.6) is 0 Å². The van der Waals surface area contributed by atoms with Crippen molar-refractivity contribution < 1.29 is 0 Å². The molecule has 0 spiro atoms. The van der Waals surface area contributed by atoms with E-state index in [1.165, 1.54) is 21.9 Å². The normalized spacial score (nSPS) is 11.1. The summed E-state index contributed by atoms with van der Waals surface area (Å²) in [6, 6.07) is 76.0. The summed E-state index contributed by atoms with van der Waals surface area (Å²) in [5.74, 6) is 1.95. The highest BCUT2D eigenvalue weighted by Crippen LogP contribution is 2.35. The van der Waals surface area contributed by atoms with E-state index in [9.17, 15) is 0 Å². The highest BCUT2D eigenvalue weighted by atomic mass is 15.0. The Bertz CT molecular complexity index is 2890. The van der Waals surface area contributed by atoms with Crippen LogP contribution in [0.3, 0.4) is 0 Å². The van der Waals surface area contributed by atoms with Crippen LogP contribution >= 0.6 is 0 Å². The molecule has 0 aliphatic carbocycles. The quantitative estimate of drug-likeness (QED) is 0.156. The van der Waals surface area contributed by atoms with Gasteiger partial charge in [-0.1, -0.05) is 200 Å². The lowest BCUT2D eigenvalue weighted by Gasteiger charge is -2.12. The number of pyridine rings is 1. The second kappa shape index (κ2) is 15.4. The van der Waals surface area contributed by atoms with Crippen LogP contribution in [0.25, 0.3) is 101 Å². The standard InChI is InChI=1S/C54H36N4/c1-5-14-37(15-6-1)47-35-50(40-16-7-2-8-17-40)55-51(36-47)41-28-26-39(27-29-41)48-23-13-22-46-34-45(32-33-49(46)48)38-24-30-44(31-25-38)54-57-52(42-18-9-3-10-19-42)56-53(58-54)43-20-11-4-12-21-43/h1-36H. The minimum absolute atomic E-state index is 0.643. The molecule has 10 rings (SSSR count). The van der Waals surface area contributed by atoms with E-state index >= 15 is 0 Å². The topological polar surface area (TPSA) is 51.6 Å². The molecule has 272 valence electrons. The highest BCUT2D eigenvalue weighted by molar-refractivity contribution is 5.99. The number of aromatic nitrogens is 4. The first-order valence-corrected chi connectivity index (χ1v) is 19.5. The fourth-order valence-corrected chi connectivity index (χ4v) is 7.52. The summed E-state index contributed by atoms with van der Waals surface area (Å²) in [6.45, 7) is 0. The lowest BCUT2D eigenvalue weighted by Crippen LogP contribution is -2.00. The van der Waals surface area contributed by atoms with Crippen molar-refractivity contribution in [1.82, 2.24) is 19.9 Å². The largest absolute Gasteiger partial charge is 0.248 e. The third kappa shape index (κ3) is 7.07. The summed E-state index contributed by atoms with van der Waals surface area (Å²) in [7, 11) is 0. The van der Waals surface area contributed by atoms with E-state index in [1.807, 2.05) is 66.7 Å². The Morgan fingerprint density at radius 2 is 0.621 bits per heavy atom. The molecule has 2 aromatic heterocycles. The minimum Gasteiger partial charge on any atom is -0.248 e. The molecule has 0 radical (unpaired) electrons. The molecule has 2 heterocycles. The molecule has 58 heavy (non-hydrogen) atoms. The number of rotatable bonds is 8. The molecular formula is C54H36N4. The summed E-state index contributed by atoms with van der Waals surface area (Å²) in [4.78, 5) is 19.8. The molecule has 0 saturated carbocycles. The third-order valence-electron chi connectivity index (χ3n) is 10.5. The molecule has 0 aliphatic heterocycles. The second-order valence-electron chi connectivity index (χ2n) is 14.3. The van der Waals surface area contributed by atoms with Crippen molar-refractivity contribution in [1.29, 1.82) is 0 Å². The van der Waals surface area contributed by atoms with Gasteiger partial charge in [0.2, 0.25) is 0 Å². The lowest BCUT2D eigenvalue weighted by atomic mass is 9.94. The van der Waals surface area contributed by atoms with Gasteiger partial charge in [-0.25, -0.2) is 19.9 Å². The molecule has 0 N–H and O–H groups in total. The second-order valence-corrected chi connectivity index (χ2v) is 14.3. The predicted octanol–water partition coefficient (Wildman–Crippen LogP) is 13.8. The first kappa shape index (κ1) is 34.7. The van der Waals surface area contributed by atoms with E-state index in [2.05, 4.69) is 152 Å². The van der Waals surface area contributed by atoms with E-state index in [-0.39, 0.29) is 0 Å². The molecule has 0 saturated heterocycles. The maximum absolute atomic E-state index is 5.14.